The molecule has 1 aliphatic carbocycles. The lowest BCUT2D eigenvalue weighted by molar-refractivity contribution is 0.475. The third-order valence-corrected chi connectivity index (χ3v) is 3.37. The zero-order valence-corrected chi connectivity index (χ0v) is 9.26. The lowest BCUT2D eigenvalue weighted by atomic mass is 9.90. The van der Waals surface area contributed by atoms with E-state index in [0.717, 1.165) is 25.7 Å². The fourth-order valence-electron chi connectivity index (χ4n) is 2.56. The van der Waals surface area contributed by atoms with Crippen LogP contribution in [0, 0.1) is 11.6 Å². The molecule has 0 radical (unpaired) electrons. The minimum Gasteiger partial charge on any atom is -0.328 e. The van der Waals surface area contributed by atoms with E-state index in [2.05, 4.69) is 0 Å². The summed E-state index contributed by atoms with van der Waals surface area (Å²) in [6, 6.07) is 4.14. The molecule has 2 atom stereocenters. The van der Waals surface area contributed by atoms with Crippen molar-refractivity contribution >= 4 is 0 Å². The molecule has 2 N–H and O–H groups in total. The Morgan fingerprint density at radius 3 is 2.38 bits per heavy atom. The van der Waals surface area contributed by atoms with Gasteiger partial charge >= 0.3 is 0 Å². The first-order valence-corrected chi connectivity index (χ1v) is 5.88. The van der Waals surface area contributed by atoms with E-state index in [0.29, 0.717) is 6.42 Å². The van der Waals surface area contributed by atoms with Crippen LogP contribution in [0.3, 0.4) is 0 Å². The molecule has 0 heterocycles. The van der Waals surface area contributed by atoms with Crippen molar-refractivity contribution in [3.05, 3.63) is 35.4 Å². The second-order valence-corrected chi connectivity index (χ2v) is 4.61. The molecule has 2 unspecified atom stereocenters. The molecule has 0 amide bonds. The van der Waals surface area contributed by atoms with Crippen molar-refractivity contribution in [3.63, 3.8) is 0 Å². The average Bonchev–Trinajstić information content (AvgIpc) is 2.43. The third kappa shape index (κ3) is 2.40. The molecule has 0 bridgehead atoms. The van der Waals surface area contributed by atoms with Crippen molar-refractivity contribution in [1.82, 2.24) is 0 Å². The summed E-state index contributed by atoms with van der Waals surface area (Å²) in [5, 5.41) is 0. The van der Waals surface area contributed by atoms with Crippen LogP contribution in [0.2, 0.25) is 0 Å². The van der Waals surface area contributed by atoms with Crippen LogP contribution in [-0.4, -0.2) is 6.04 Å². The molecular weight excluding hydrogens is 208 g/mol. The Morgan fingerprint density at radius 2 is 1.69 bits per heavy atom. The van der Waals surface area contributed by atoms with Crippen LogP contribution >= 0.6 is 0 Å². The first-order valence-electron chi connectivity index (χ1n) is 5.88. The van der Waals surface area contributed by atoms with E-state index in [9.17, 15) is 8.78 Å². The highest BCUT2D eigenvalue weighted by Crippen LogP contribution is 2.33. The summed E-state index contributed by atoms with van der Waals surface area (Å²) in [5.74, 6) is -0.920. The number of rotatable bonds is 1. The van der Waals surface area contributed by atoms with Gasteiger partial charge in [-0.3, -0.25) is 0 Å². The zero-order valence-electron chi connectivity index (χ0n) is 9.26. The minimum atomic E-state index is -0.431. The Kier molecular flexibility index (Phi) is 3.54. The van der Waals surface area contributed by atoms with Gasteiger partial charge in [-0.2, -0.15) is 0 Å². The second kappa shape index (κ2) is 4.91. The Morgan fingerprint density at radius 1 is 1.06 bits per heavy atom. The van der Waals surface area contributed by atoms with E-state index in [1.165, 1.54) is 18.2 Å². The smallest absolute Gasteiger partial charge is 0.129 e. The van der Waals surface area contributed by atoms with Gasteiger partial charge in [0.1, 0.15) is 11.6 Å². The molecular formula is C13H17F2N. The lowest BCUT2D eigenvalue weighted by Crippen LogP contribution is -2.21. The number of benzene rings is 1. The van der Waals surface area contributed by atoms with Crippen molar-refractivity contribution in [2.45, 2.75) is 44.1 Å². The van der Waals surface area contributed by atoms with E-state index < -0.39 is 11.6 Å². The normalized spacial score (nSPS) is 26.4. The maximum absolute atomic E-state index is 13.6. The Balaban J connectivity index is 2.28. The van der Waals surface area contributed by atoms with Crippen molar-refractivity contribution in [1.29, 1.82) is 0 Å². The Hall–Kier alpha value is -0.960. The van der Waals surface area contributed by atoms with Gasteiger partial charge in [-0.05, 0) is 37.3 Å². The summed E-state index contributed by atoms with van der Waals surface area (Å²) in [5.41, 5.74) is 6.15. The van der Waals surface area contributed by atoms with Crippen LogP contribution < -0.4 is 5.73 Å². The van der Waals surface area contributed by atoms with E-state index in [1.807, 2.05) is 0 Å². The predicted molar refractivity (Wildman–Crippen MR) is 60.2 cm³/mol. The summed E-state index contributed by atoms with van der Waals surface area (Å²) in [6.07, 6.45) is 4.57. The maximum atomic E-state index is 13.6. The van der Waals surface area contributed by atoms with Gasteiger partial charge in [0.2, 0.25) is 0 Å². The van der Waals surface area contributed by atoms with E-state index in [1.54, 1.807) is 0 Å². The van der Waals surface area contributed by atoms with Crippen LogP contribution in [0.1, 0.15) is 43.6 Å². The quantitative estimate of drug-likeness (QED) is 0.729. The highest BCUT2D eigenvalue weighted by Gasteiger charge is 2.24. The summed E-state index contributed by atoms with van der Waals surface area (Å²) in [6.45, 7) is 0. The standard InChI is InChI=1S/C13H17F2N/c14-11-6-3-7-12(15)13(11)9-4-1-2-5-10(16)8-9/h3,6-7,9-10H,1-2,4-5,8,16H2. The molecule has 1 aliphatic rings. The van der Waals surface area contributed by atoms with Crippen LogP contribution in [0.25, 0.3) is 0 Å². The highest BCUT2D eigenvalue weighted by atomic mass is 19.1. The summed E-state index contributed by atoms with van der Waals surface area (Å²) < 4.78 is 27.2. The monoisotopic (exact) mass is 225 g/mol. The molecule has 2 rings (SSSR count). The minimum absolute atomic E-state index is 0.0568. The molecule has 0 saturated heterocycles. The lowest BCUT2D eigenvalue weighted by Gasteiger charge is -2.18. The molecule has 1 saturated carbocycles. The molecule has 0 spiro atoms. The molecule has 1 fully saturated rings. The van der Waals surface area contributed by atoms with Gasteiger partial charge in [0.15, 0.2) is 0 Å². The van der Waals surface area contributed by atoms with E-state index in [4.69, 9.17) is 5.73 Å². The van der Waals surface area contributed by atoms with Gasteiger partial charge in [-0.25, -0.2) is 8.78 Å². The molecule has 16 heavy (non-hydrogen) atoms. The largest absolute Gasteiger partial charge is 0.328 e. The van der Waals surface area contributed by atoms with Crippen molar-refractivity contribution < 1.29 is 8.78 Å². The molecule has 1 aromatic rings. The fourth-order valence-corrected chi connectivity index (χ4v) is 2.56. The predicted octanol–water partition coefficient (Wildman–Crippen LogP) is 3.34. The zero-order chi connectivity index (χ0) is 11.5. The van der Waals surface area contributed by atoms with Gasteiger partial charge in [0.25, 0.3) is 0 Å². The first-order chi connectivity index (χ1) is 7.68. The van der Waals surface area contributed by atoms with Gasteiger partial charge in [0.05, 0.1) is 0 Å². The van der Waals surface area contributed by atoms with Crippen LogP contribution in [0.5, 0.6) is 0 Å². The number of hydrogen-bond donors (Lipinski definition) is 1. The molecule has 1 nitrogen and oxygen atoms in total. The SMILES string of the molecule is NC1CCCCC(c2c(F)cccc2F)C1. The highest BCUT2D eigenvalue weighted by molar-refractivity contribution is 5.24. The van der Waals surface area contributed by atoms with Crippen molar-refractivity contribution in [2.75, 3.05) is 0 Å². The van der Waals surface area contributed by atoms with Gasteiger partial charge in [0, 0.05) is 11.6 Å². The van der Waals surface area contributed by atoms with Crippen LogP contribution in [0.4, 0.5) is 8.78 Å². The van der Waals surface area contributed by atoms with Crippen molar-refractivity contribution in [3.8, 4) is 0 Å². The second-order valence-electron chi connectivity index (χ2n) is 4.61. The molecule has 0 aromatic heterocycles. The molecule has 3 heteroatoms. The Bertz CT molecular complexity index is 345. The van der Waals surface area contributed by atoms with Gasteiger partial charge in [-0.1, -0.05) is 18.9 Å². The van der Waals surface area contributed by atoms with Crippen molar-refractivity contribution in [2.24, 2.45) is 5.73 Å². The summed E-state index contributed by atoms with van der Waals surface area (Å²) in [4.78, 5) is 0. The maximum Gasteiger partial charge on any atom is 0.129 e. The summed E-state index contributed by atoms with van der Waals surface area (Å²) in [7, 11) is 0. The van der Waals surface area contributed by atoms with E-state index in [-0.39, 0.29) is 17.5 Å². The molecule has 88 valence electrons. The average molecular weight is 225 g/mol. The number of nitrogens with two attached hydrogens (primary N) is 1. The van der Waals surface area contributed by atoms with Crippen LogP contribution in [-0.2, 0) is 0 Å². The first kappa shape index (κ1) is 11.5. The molecule has 1 aromatic carbocycles. The summed E-state index contributed by atoms with van der Waals surface area (Å²) >= 11 is 0. The van der Waals surface area contributed by atoms with E-state index >= 15 is 0 Å². The van der Waals surface area contributed by atoms with Crippen LogP contribution in [0.15, 0.2) is 18.2 Å². The van der Waals surface area contributed by atoms with Gasteiger partial charge in [-0.15, -0.1) is 0 Å². The Labute approximate surface area is 94.7 Å². The number of hydrogen-bond acceptors (Lipinski definition) is 1. The van der Waals surface area contributed by atoms with Gasteiger partial charge < -0.3 is 5.73 Å². The molecule has 0 aliphatic heterocycles. The topological polar surface area (TPSA) is 26.0 Å². The fraction of sp³-hybridized carbons (Fsp3) is 0.538. The third-order valence-electron chi connectivity index (χ3n) is 3.37. The number of halogens is 2.